The second-order valence-corrected chi connectivity index (χ2v) is 8.75. The Morgan fingerprint density at radius 3 is 2.92 bits per heavy atom. The second-order valence-electron chi connectivity index (χ2n) is 7.89. The number of rotatable bonds is 6. The Labute approximate surface area is 152 Å². The predicted octanol–water partition coefficient (Wildman–Crippen LogP) is 3.84. The summed E-state index contributed by atoms with van der Waals surface area (Å²) >= 11 is 1.64. The van der Waals surface area contributed by atoms with Gasteiger partial charge in [-0.1, -0.05) is 0 Å². The van der Waals surface area contributed by atoms with Crippen LogP contribution in [0.25, 0.3) is 10.2 Å². The van der Waals surface area contributed by atoms with Gasteiger partial charge in [0.25, 0.3) is 0 Å². The molecule has 0 unspecified atom stereocenters. The molecule has 2 aromatic rings. The maximum absolute atomic E-state index is 12.6. The topological polar surface area (TPSA) is 58.1 Å². The maximum Gasteiger partial charge on any atom is 0.222 e. The van der Waals surface area contributed by atoms with Crippen molar-refractivity contribution in [3.8, 4) is 0 Å². The van der Waals surface area contributed by atoms with Gasteiger partial charge >= 0.3 is 0 Å². The van der Waals surface area contributed by atoms with Gasteiger partial charge in [0.05, 0.1) is 5.39 Å². The van der Waals surface area contributed by atoms with Crippen LogP contribution in [-0.4, -0.2) is 40.9 Å². The van der Waals surface area contributed by atoms with Gasteiger partial charge in [0.15, 0.2) is 0 Å². The number of hydrogen-bond acceptors (Lipinski definition) is 5. The zero-order chi connectivity index (χ0) is 17.4. The van der Waals surface area contributed by atoms with Crippen molar-refractivity contribution in [2.75, 3.05) is 25.5 Å². The van der Waals surface area contributed by atoms with Crippen LogP contribution in [0.4, 0.5) is 5.82 Å². The Morgan fingerprint density at radius 1 is 1.40 bits per heavy atom. The van der Waals surface area contributed by atoms with Gasteiger partial charge in [0.1, 0.15) is 17.0 Å². The molecule has 0 atom stereocenters. The fraction of sp³-hybridized carbons (Fsp3) is 0.632. The molecule has 0 aromatic carbocycles. The minimum absolute atomic E-state index is 0.295. The smallest absolute Gasteiger partial charge is 0.222 e. The number of aromatic nitrogens is 2. The molecule has 6 heteroatoms. The summed E-state index contributed by atoms with van der Waals surface area (Å²) < 4.78 is 0. The quantitative estimate of drug-likeness (QED) is 0.852. The Morgan fingerprint density at radius 2 is 2.20 bits per heavy atom. The Bertz CT molecular complexity index is 779. The molecule has 25 heavy (non-hydrogen) atoms. The van der Waals surface area contributed by atoms with Crippen molar-refractivity contribution in [1.82, 2.24) is 14.9 Å². The number of thiophene rings is 1. The molecule has 4 rings (SSSR count). The number of aryl methyl sites for hydroxylation is 1. The first-order valence-corrected chi connectivity index (χ1v) is 10.1. The first-order valence-electron chi connectivity index (χ1n) is 9.23. The minimum Gasteiger partial charge on any atom is -0.368 e. The molecule has 2 fully saturated rings. The summed E-state index contributed by atoms with van der Waals surface area (Å²) in [5.41, 5.74) is 1.53. The highest BCUT2D eigenvalue weighted by Gasteiger charge is 2.46. The van der Waals surface area contributed by atoms with Crippen LogP contribution in [-0.2, 0) is 4.79 Å². The average Bonchev–Trinajstić information content (AvgIpc) is 3.30. The molecule has 0 aliphatic heterocycles. The highest BCUT2D eigenvalue weighted by molar-refractivity contribution is 7.17. The molecule has 0 saturated heterocycles. The van der Waals surface area contributed by atoms with Crippen molar-refractivity contribution in [1.29, 1.82) is 0 Å². The zero-order valence-electron chi connectivity index (χ0n) is 15.0. The molecule has 0 radical (unpaired) electrons. The maximum atomic E-state index is 12.6. The molecule has 5 nitrogen and oxygen atoms in total. The van der Waals surface area contributed by atoms with Crippen LogP contribution in [0, 0.1) is 18.3 Å². The van der Waals surface area contributed by atoms with Gasteiger partial charge in [-0.15, -0.1) is 11.3 Å². The predicted molar refractivity (Wildman–Crippen MR) is 102 cm³/mol. The van der Waals surface area contributed by atoms with E-state index in [0.717, 1.165) is 28.4 Å². The van der Waals surface area contributed by atoms with Gasteiger partial charge in [0, 0.05) is 26.6 Å². The molecule has 0 spiro atoms. The van der Waals surface area contributed by atoms with Crippen LogP contribution in [0.3, 0.4) is 0 Å². The lowest BCUT2D eigenvalue weighted by Crippen LogP contribution is -2.34. The van der Waals surface area contributed by atoms with Crippen molar-refractivity contribution in [3.63, 3.8) is 0 Å². The number of nitrogens with zero attached hydrogens (tertiary/aromatic N) is 3. The number of amides is 1. The SMILES string of the molecule is Cc1csc2ncnc(NCCN(C)C(=O)CC34CCC(CC3)C4)c12. The van der Waals surface area contributed by atoms with E-state index in [2.05, 4.69) is 27.6 Å². The van der Waals surface area contributed by atoms with Crippen LogP contribution in [0.5, 0.6) is 0 Å². The summed E-state index contributed by atoms with van der Waals surface area (Å²) in [7, 11) is 1.92. The van der Waals surface area contributed by atoms with E-state index in [1.807, 2.05) is 11.9 Å². The van der Waals surface area contributed by atoms with E-state index in [9.17, 15) is 4.79 Å². The normalized spacial score (nSPS) is 24.8. The van der Waals surface area contributed by atoms with Crippen LogP contribution in [0.1, 0.15) is 44.1 Å². The van der Waals surface area contributed by atoms with Gasteiger partial charge in [0.2, 0.25) is 5.91 Å². The lowest BCUT2D eigenvalue weighted by atomic mass is 9.81. The van der Waals surface area contributed by atoms with Gasteiger partial charge in [-0.05, 0) is 61.3 Å². The molecule has 2 saturated carbocycles. The fourth-order valence-corrected chi connectivity index (χ4v) is 5.52. The van der Waals surface area contributed by atoms with Crippen LogP contribution < -0.4 is 5.32 Å². The zero-order valence-corrected chi connectivity index (χ0v) is 15.9. The summed E-state index contributed by atoms with van der Waals surface area (Å²) in [4.78, 5) is 24.2. The number of hydrogen-bond donors (Lipinski definition) is 1. The summed E-state index contributed by atoms with van der Waals surface area (Å²) in [6.07, 6.45) is 8.80. The van der Waals surface area contributed by atoms with Crippen LogP contribution >= 0.6 is 11.3 Å². The van der Waals surface area contributed by atoms with Gasteiger partial charge in [-0.25, -0.2) is 9.97 Å². The van der Waals surface area contributed by atoms with Crippen LogP contribution in [0.15, 0.2) is 11.7 Å². The average molecular weight is 359 g/mol. The summed E-state index contributed by atoms with van der Waals surface area (Å²) in [6.45, 7) is 3.49. The first-order chi connectivity index (χ1) is 12.1. The van der Waals surface area contributed by atoms with Crippen molar-refractivity contribution in [2.45, 2.75) is 45.4 Å². The third-order valence-electron chi connectivity index (χ3n) is 6.13. The summed E-state index contributed by atoms with van der Waals surface area (Å²) in [5, 5.41) is 6.59. The van der Waals surface area contributed by atoms with E-state index in [1.165, 1.54) is 37.7 Å². The molecule has 1 N–H and O–H groups in total. The third kappa shape index (κ3) is 3.24. The largest absolute Gasteiger partial charge is 0.368 e. The highest BCUT2D eigenvalue weighted by Crippen LogP contribution is 2.56. The van der Waals surface area contributed by atoms with E-state index in [0.29, 0.717) is 24.4 Å². The number of fused-ring (bicyclic) bond motifs is 3. The van der Waals surface area contributed by atoms with E-state index >= 15 is 0 Å². The third-order valence-corrected chi connectivity index (χ3v) is 7.14. The van der Waals surface area contributed by atoms with Gasteiger partial charge in [-0.2, -0.15) is 0 Å². The monoisotopic (exact) mass is 358 g/mol. The Kier molecular flexibility index (Phi) is 4.40. The number of anilines is 1. The molecule has 134 valence electrons. The standard InChI is InChI=1S/C19H26N4OS/c1-13-11-25-18-16(13)17(21-12-22-18)20-7-8-23(2)15(24)10-19-5-3-14(9-19)4-6-19/h11-12,14H,3-10H2,1-2H3,(H,20,21,22). The van der Waals surface area contributed by atoms with E-state index in [1.54, 1.807) is 17.7 Å². The lowest BCUT2D eigenvalue weighted by molar-refractivity contribution is -0.132. The number of carbonyl (C=O) groups is 1. The highest BCUT2D eigenvalue weighted by atomic mass is 32.1. The molecular weight excluding hydrogens is 332 g/mol. The molecular formula is C19H26N4OS. The fourth-order valence-electron chi connectivity index (χ4n) is 4.63. The van der Waals surface area contributed by atoms with E-state index in [-0.39, 0.29) is 0 Å². The van der Waals surface area contributed by atoms with Crippen LogP contribution in [0.2, 0.25) is 0 Å². The molecule has 2 aromatic heterocycles. The molecule has 2 heterocycles. The summed E-state index contributed by atoms with van der Waals surface area (Å²) in [5.74, 6) is 2.07. The number of carbonyl (C=O) groups excluding carboxylic acids is 1. The lowest BCUT2D eigenvalue weighted by Gasteiger charge is -2.28. The van der Waals surface area contributed by atoms with Gasteiger partial charge in [-0.3, -0.25) is 4.79 Å². The van der Waals surface area contributed by atoms with E-state index in [4.69, 9.17) is 0 Å². The van der Waals surface area contributed by atoms with Crippen molar-refractivity contribution in [3.05, 3.63) is 17.3 Å². The first kappa shape index (κ1) is 16.8. The molecule has 1 amide bonds. The number of nitrogens with one attached hydrogen (secondary N) is 1. The van der Waals surface area contributed by atoms with Crippen molar-refractivity contribution < 1.29 is 4.79 Å². The Balaban J connectivity index is 1.32. The van der Waals surface area contributed by atoms with E-state index < -0.39 is 0 Å². The van der Waals surface area contributed by atoms with Gasteiger partial charge < -0.3 is 10.2 Å². The summed E-state index contributed by atoms with van der Waals surface area (Å²) in [6, 6.07) is 0. The van der Waals surface area contributed by atoms with Crippen molar-refractivity contribution >= 4 is 33.3 Å². The molecule has 2 bridgehead atoms. The molecule has 2 aliphatic rings. The Hall–Kier alpha value is -1.69. The minimum atomic E-state index is 0.295. The number of likely N-dealkylation sites (N-methyl/N-ethyl adjacent to an activating group) is 1. The molecule has 2 aliphatic carbocycles. The second kappa shape index (κ2) is 6.56. The van der Waals surface area contributed by atoms with Crippen molar-refractivity contribution in [2.24, 2.45) is 11.3 Å².